The molecule has 0 fully saturated rings. The molecule has 2 aromatic rings. The van der Waals surface area contributed by atoms with Gasteiger partial charge in [-0.3, -0.25) is 0 Å². The molecule has 0 aliphatic heterocycles. The van der Waals surface area contributed by atoms with Gasteiger partial charge in [0.05, 0.1) is 11.9 Å². The van der Waals surface area contributed by atoms with Gasteiger partial charge in [0.15, 0.2) is 5.82 Å². The number of hydrogen-bond acceptors (Lipinski definition) is 4. The Balaban J connectivity index is 2.39. The molecule has 0 radical (unpaired) electrons. The number of rotatable bonds is 3. The normalized spacial score (nSPS) is 10.2. The molecule has 0 aliphatic rings. The fourth-order valence-corrected chi connectivity index (χ4v) is 1.89. The van der Waals surface area contributed by atoms with Crippen LogP contribution in [0.25, 0.3) is 0 Å². The summed E-state index contributed by atoms with van der Waals surface area (Å²) < 4.78 is 14.2. The van der Waals surface area contributed by atoms with Crippen LogP contribution in [0.15, 0.2) is 28.9 Å². The zero-order valence-electron chi connectivity index (χ0n) is 9.34. The number of nitrogens with one attached hydrogen (secondary N) is 2. The van der Waals surface area contributed by atoms with Crippen molar-refractivity contribution >= 4 is 45.0 Å². The first-order valence-corrected chi connectivity index (χ1v) is 6.20. The SMILES string of the molecule is CNc1ncc(Cl)c(Nc2c(F)cccc2Br)n1. The Hall–Kier alpha value is -1.40. The monoisotopic (exact) mass is 330 g/mol. The number of benzene rings is 1. The third-order valence-electron chi connectivity index (χ3n) is 2.17. The van der Waals surface area contributed by atoms with Crippen LogP contribution in [-0.4, -0.2) is 17.0 Å². The predicted octanol–water partition coefficient (Wildman–Crippen LogP) is 3.82. The van der Waals surface area contributed by atoms with Gasteiger partial charge in [0.1, 0.15) is 10.8 Å². The number of aromatic nitrogens is 2. The molecule has 1 heterocycles. The Labute approximate surface area is 117 Å². The van der Waals surface area contributed by atoms with Crippen LogP contribution < -0.4 is 10.6 Å². The Bertz CT molecular complexity index is 559. The largest absolute Gasteiger partial charge is 0.357 e. The highest BCUT2D eigenvalue weighted by atomic mass is 79.9. The molecule has 0 amide bonds. The van der Waals surface area contributed by atoms with Crippen LogP contribution in [-0.2, 0) is 0 Å². The van der Waals surface area contributed by atoms with Crippen molar-refractivity contribution in [3.63, 3.8) is 0 Å². The fraction of sp³-hybridized carbons (Fsp3) is 0.0909. The van der Waals surface area contributed by atoms with Gasteiger partial charge < -0.3 is 10.6 Å². The van der Waals surface area contributed by atoms with Gasteiger partial charge in [-0.2, -0.15) is 4.98 Å². The second kappa shape index (κ2) is 5.49. The molecule has 1 aromatic carbocycles. The van der Waals surface area contributed by atoms with Gasteiger partial charge in [0.2, 0.25) is 5.95 Å². The minimum atomic E-state index is -0.398. The number of hydrogen-bond donors (Lipinski definition) is 2. The lowest BCUT2D eigenvalue weighted by molar-refractivity contribution is 0.631. The van der Waals surface area contributed by atoms with E-state index in [1.54, 1.807) is 19.2 Å². The van der Waals surface area contributed by atoms with Crippen molar-refractivity contribution in [3.8, 4) is 0 Å². The second-order valence-corrected chi connectivity index (χ2v) is 4.62. The van der Waals surface area contributed by atoms with Crippen LogP contribution in [0.3, 0.4) is 0 Å². The molecule has 2 rings (SSSR count). The van der Waals surface area contributed by atoms with Crippen molar-refractivity contribution in [2.45, 2.75) is 0 Å². The van der Waals surface area contributed by atoms with Gasteiger partial charge in [0, 0.05) is 11.5 Å². The summed E-state index contributed by atoms with van der Waals surface area (Å²) in [5, 5.41) is 5.93. The molecule has 0 spiro atoms. The average Bonchev–Trinajstić information content (AvgIpc) is 2.36. The lowest BCUT2D eigenvalue weighted by atomic mass is 10.3. The lowest BCUT2D eigenvalue weighted by Gasteiger charge is -2.10. The van der Waals surface area contributed by atoms with Crippen LogP contribution in [0.5, 0.6) is 0 Å². The molecule has 4 nitrogen and oxygen atoms in total. The molecule has 0 bridgehead atoms. The van der Waals surface area contributed by atoms with Crippen molar-refractivity contribution in [1.82, 2.24) is 9.97 Å². The maximum atomic E-state index is 13.7. The standard InChI is InChI=1S/C11H9BrClFN4/c1-15-11-16-5-7(13)10(18-11)17-9-6(12)3-2-4-8(9)14/h2-5H,1H3,(H2,15,16,17,18). The quantitative estimate of drug-likeness (QED) is 0.898. The van der Waals surface area contributed by atoms with E-state index in [-0.39, 0.29) is 5.69 Å². The zero-order chi connectivity index (χ0) is 13.1. The summed E-state index contributed by atoms with van der Waals surface area (Å²) in [6, 6.07) is 4.67. The van der Waals surface area contributed by atoms with E-state index in [4.69, 9.17) is 11.6 Å². The van der Waals surface area contributed by atoms with Crippen LogP contribution in [0.1, 0.15) is 0 Å². The number of nitrogens with zero attached hydrogens (tertiary/aromatic N) is 2. The molecule has 0 saturated carbocycles. The van der Waals surface area contributed by atoms with Crippen LogP contribution >= 0.6 is 27.5 Å². The van der Waals surface area contributed by atoms with E-state index < -0.39 is 5.82 Å². The van der Waals surface area contributed by atoms with Crippen LogP contribution in [0.4, 0.5) is 21.8 Å². The first kappa shape index (κ1) is 13.0. The van der Waals surface area contributed by atoms with E-state index in [2.05, 4.69) is 36.5 Å². The first-order chi connectivity index (χ1) is 8.61. The van der Waals surface area contributed by atoms with E-state index in [1.165, 1.54) is 12.3 Å². The summed E-state index contributed by atoms with van der Waals surface area (Å²) >= 11 is 9.21. The molecule has 0 unspecified atom stereocenters. The maximum absolute atomic E-state index is 13.7. The van der Waals surface area contributed by atoms with Crippen molar-refractivity contribution < 1.29 is 4.39 Å². The summed E-state index contributed by atoms with van der Waals surface area (Å²) in [6.45, 7) is 0. The minimum Gasteiger partial charge on any atom is -0.357 e. The fourth-order valence-electron chi connectivity index (χ4n) is 1.31. The number of para-hydroxylation sites is 1. The Kier molecular flexibility index (Phi) is 3.98. The topological polar surface area (TPSA) is 49.8 Å². The second-order valence-electron chi connectivity index (χ2n) is 3.36. The average molecular weight is 332 g/mol. The minimum absolute atomic E-state index is 0.278. The number of halogens is 3. The summed E-state index contributed by atoms with van der Waals surface area (Å²) in [7, 11) is 1.69. The van der Waals surface area contributed by atoms with Gasteiger partial charge in [-0.15, -0.1) is 0 Å². The van der Waals surface area contributed by atoms with E-state index >= 15 is 0 Å². The highest BCUT2D eigenvalue weighted by molar-refractivity contribution is 9.10. The Morgan fingerprint density at radius 1 is 1.39 bits per heavy atom. The van der Waals surface area contributed by atoms with Gasteiger partial charge in [-0.1, -0.05) is 17.7 Å². The molecule has 0 saturated heterocycles. The lowest BCUT2D eigenvalue weighted by Crippen LogP contribution is -2.02. The molecule has 18 heavy (non-hydrogen) atoms. The summed E-state index contributed by atoms with van der Waals surface area (Å²) in [4.78, 5) is 8.06. The molecule has 0 atom stereocenters. The van der Waals surface area contributed by atoms with Crippen LogP contribution in [0.2, 0.25) is 5.02 Å². The third kappa shape index (κ3) is 2.70. The maximum Gasteiger partial charge on any atom is 0.224 e. The van der Waals surface area contributed by atoms with Gasteiger partial charge in [-0.25, -0.2) is 9.37 Å². The molecule has 94 valence electrons. The van der Waals surface area contributed by atoms with Gasteiger partial charge in [-0.05, 0) is 28.1 Å². The Morgan fingerprint density at radius 2 is 2.17 bits per heavy atom. The first-order valence-electron chi connectivity index (χ1n) is 5.03. The molecule has 1 aromatic heterocycles. The van der Waals surface area contributed by atoms with E-state index in [0.717, 1.165) is 0 Å². The van der Waals surface area contributed by atoms with Gasteiger partial charge >= 0.3 is 0 Å². The molecular formula is C11H9BrClFN4. The Morgan fingerprint density at radius 3 is 2.83 bits per heavy atom. The summed E-state index contributed by atoms with van der Waals surface area (Å²) in [6.07, 6.45) is 1.44. The molecule has 0 aliphatic carbocycles. The van der Waals surface area contributed by atoms with Gasteiger partial charge in [0.25, 0.3) is 0 Å². The predicted molar refractivity (Wildman–Crippen MR) is 74.0 cm³/mol. The zero-order valence-corrected chi connectivity index (χ0v) is 11.7. The number of anilines is 3. The van der Waals surface area contributed by atoms with E-state index in [0.29, 0.717) is 21.3 Å². The molecular weight excluding hydrogens is 323 g/mol. The third-order valence-corrected chi connectivity index (χ3v) is 3.11. The van der Waals surface area contributed by atoms with E-state index in [9.17, 15) is 4.39 Å². The summed E-state index contributed by atoms with van der Waals surface area (Å²) in [5.41, 5.74) is 0.278. The molecule has 2 N–H and O–H groups in total. The van der Waals surface area contributed by atoms with Crippen molar-refractivity contribution in [2.24, 2.45) is 0 Å². The smallest absolute Gasteiger partial charge is 0.224 e. The highest BCUT2D eigenvalue weighted by Crippen LogP contribution is 2.30. The van der Waals surface area contributed by atoms with Crippen molar-refractivity contribution in [1.29, 1.82) is 0 Å². The van der Waals surface area contributed by atoms with Crippen LogP contribution in [0, 0.1) is 5.82 Å². The van der Waals surface area contributed by atoms with Crippen molar-refractivity contribution in [2.75, 3.05) is 17.7 Å². The molecule has 7 heteroatoms. The highest BCUT2D eigenvalue weighted by Gasteiger charge is 2.10. The summed E-state index contributed by atoms with van der Waals surface area (Å²) in [5.74, 6) is 0.334. The van der Waals surface area contributed by atoms with Crippen molar-refractivity contribution in [3.05, 3.63) is 39.7 Å². The van der Waals surface area contributed by atoms with E-state index in [1.807, 2.05) is 0 Å².